The third kappa shape index (κ3) is 2.99. The molecule has 0 heterocycles. The molecule has 0 aromatic heterocycles. The Morgan fingerprint density at radius 1 is 1.05 bits per heavy atom. The summed E-state index contributed by atoms with van der Waals surface area (Å²) in [6.45, 7) is 0. The summed E-state index contributed by atoms with van der Waals surface area (Å²) < 4.78 is 30.5. The van der Waals surface area contributed by atoms with Gasteiger partial charge in [0.05, 0.1) is 12.7 Å². The maximum Gasteiger partial charge on any atom is 0.267 e. The predicted octanol–water partition coefficient (Wildman–Crippen LogP) is 5.61. The van der Waals surface area contributed by atoms with Gasteiger partial charge >= 0.3 is 0 Å². The zero-order valence-electron chi connectivity index (χ0n) is 9.96. The van der Waals surface area contributed by atoms with Gasteiger partial charge < -0.3 is 4.74 Å². The highest BCUT2D eigenvalue weighted by molar-refractivity contribution is 6.36. The predicted molar refractivity (Wildman–Crippen MR) is 73.4 cm³/mol. The van der Waals surface area contributed by atoms with E-state index in [-0.39, 0.29) is 11.3 Å². The Labute approximate surface area is 119 Å². The lowest BCUT2D eigenvalue weighted by molar-refractivity contribution is 0.147. The van der Waals surface area contributed by atoms with Crippen molar-refractivity contribution < 1.29 is 13.5 Å². The van der Waals surface area contributed by atoms with Gasteiger partial charge in [0.15, 0.2) is 0 Å². The second-order valence-corrected chi connectivity index (χ2v) is 4.73. The summed E-state index contributed by atoms with van der Waals surface area (Å²) in [6, 6.07) is 9.49. The summed E-state index contributed by atoms with van der Waals surface area (Å²) >= 11 is 11.9. The van der Waals surface area contributed by atoms with E-state index in [2.05, 4.69) is 0 Å². The molecule has 1 nitrogen and oxygen atoms in total. The maximum atomic E-state index is 12.8. The lowest BCUT2D eigenvalue weighted by Gasteiger charge is -2.11. The maximum absolute atomic E-state index is 12.8. The van der Waals surface area contributed by atoms with Gasteiger partial charge in [-0.3, -0.25) is 0 Å². The van der Waals surface area contributed by atoms with E-state index in [1.165, 1.54) is 19.2 Å². The first-order chi connectivity index (χ1) is 9.02. The standard InChI is InChI=1S/C14H10Cl2F2O/c1-19-13-6-8(2-4-11(13)14(17)18)10-5-3-9(15)7-12(10)16/h2-7,14H,1H3. The van der Waals surface area contributed by atoms with Gasteiger partial charge in [0.1, 0.15) is 5.75 Å². The summed E-state index contributed by atoms with van der Waals surface area (Å²) in [5, 5.41) is 0.976. The van der Waals surface area contributed by atoms with Gasteiger partial charge in [-0.15, -0.1) is 0 Å². The van der Waals surface area contributed by atoms with E-state index >= 15 is 0 Å². The molecule has 0 aliphatic heterocycles. The van der Waals surface area contributed by atoms with Crippen molar-refractivity contribution in [2.24, 2.45) is 0 Å². The first-order valence-corrected chi connectivity index (χ1v) is 6.20. The van der Waals surface area contributed by atoms with E-state index in [9.17, 15) is 8.78 Å². The molecule has 19 heavy (non-hydrogen) atoms. The molecule has 0 saturated heterocycles. The molecule has 0 aliphatic carbocycles. The van der Waals surface area contributed by atoms with Crippen LogP contribution in [0.1, 0.15) is 12.0 Å². The summed E-state index contributed by atoms with van der Waals surface area (Å²) in [6.07, 6.45) is -2.58. The molecule has 0 saturated carbocycles. The fourth-order valence-electron chi connectivity index (χ4n) is 1.78. The molecule has 0 radical (unpaired) electrons. The smallest absolute Gasteiger partial charge is 0.267 e. The van der Waals surface area contributed by atoms with Crippen molar-refractivity contribution in [1.29, 1.82) is 0 Å². The van der Waals surface area contributed by atoms with Crippen LogP contribution in [0.4, 0.5) is 8.78 Å². The van der Waals surface area contributed by atoms with E-state index in [0.717, 1.165) is 0 Å². The second kappa shape index (κ2) is 5.76. The average molecular weight is 303 g/mol. The highest BCUT2D eigenvalue weighted by Crippen LogP contribution is 2.36. The number of rotatable bonds is 3. The zero-order chi connectivity index (χ0) is 14.0. The Balaban J connectivity index is 2.51. The molecule has 0 N–H and O–H groups in total. The molecule has 2 aromatic carbocycles. The fourth-order valence-corrected chi connectivity index (χ4v) is 2.30. The van der Waals surface area contributed by atoms with E-state index in [4.69, 9.17) is 27.9 Å². The molecule has 0 amide bonds. The monoisotopic (exact) mass is 302 g/mol. The van der Waals surface area contributed by atoms with Gasteiger partial charge in [-0.2, -0.15) is 0 Å². The number of hydrogen-bond acceptors (Lipinski definition) is 1. The molecule has 2 rings (SSSR count). The normalized spacial score (nSPS) is 10.8. The minimum Gasteiger partial charge on any atom is -0.496 e. The van der Waals surface area contributed by atoms with Gasteiger partial charge in [0.2, 0.25) is 0 Å². The van der Waals surface area contributed by atoms with Crippen molar-refractivity contribution in [2.75, 3.05) is 7.11 Å². The molecule has 0 aliphatic rings. The van der Waals surface area contributed by atoms with Gasteiger partial charge in [0, 0.05) is 15.6 Å². The van der Waals surface area contributed by atoms with E-state index in [0.29, 0.717) is 21.2 Å². The topological polar surface area (TPSA) is 9.23 Å². The Bertz CT molecular complexity index is 600. The van der Waals surface area contributed by atoms with Crippen molar-refractivity contribution in [1.82, 2.24) is 0 Å². The number of benzene rings is 2. The van der Waals surface area contributed by atoms with Crippen LogP contribution in [0.2, 0.25) is 10.0 Å². The Hall–Kier alpha value is -1.32. The number of alkyl halides is 2. The second-order valence-electron chi connectivity index (χ2n) is 3.88. The van der Waals surface area contributed by atoms with Crippen LogP contribution in [0.5, 0.6) is 5.75 Å². The third-order valence-electron chi connectivity index (χ3n) is 2.71. The van der Waals surface area contributed by atoms with Crippen LogP contribution in [0.25, 0.3) is 11.1 Å². The fraction of sp³-hybridized carbons (Fsp3) is 0.143. The molecular weight excluding hydrogens is 293 g/mol. The highest BCUT2D eigenvalue weighted by atomic mass is 35.5. The van der Waals surface area contributed by atoms with E-state index < -0.39 is 6.43 Å². The number of halogens is 4. The molecule has 0 spiro atoms. The molecule has 2 aromatic rings. The summed E-state index contributed by atoms with van der Waals surface area (Å²) in [4.78, 5) is 0. The Morgan fingerprint density at radius 3 is 2.37 bits per heavy atom. The summed E-state index contributed by atoms with van der Waals surface area (Å²) in [7, 11) is 1.36. The first-order valence-electron chi connectivity index (χ1n) is 5.44. The largest absolute Gasteiger partial charge is 0.496 e. The Morgan fingerprint density at radius 2 is 1.79 bits per heavy atom. The molecule has 0 atom stereocenters. The zero-order valence-corrected chi connectivity index (χ0v) is 11.5. The Kier molecular flexibility index (Phi) is 4.27. The molecule has 0 fully saturated rings. The van der Waals surface area contributed by atoms with Crippen molar-refractivity contribution in [2.45, 2.75) is 6.43 Å². The molecule has 100 valence electrons. The minimum atomic E-state index is -2.58. The van der Waals surface area contributed by atoms with Crippen LogP contribution in [-0.2, 0) is 0 Å². The summed E-state index contributed by atoms with van der Waals surface area (Å²) in [5.74, 6) is 0.138. The summed E-state index contributed by atoms with van der Waals surface area (Å²) in [5.41, 5.74) is 1.27. The lowest BCUT2D eigenvalue weighted by Crippen LogP contribution is -1.93. The average Bonchev–Trinajstić information content (AvgIpc) is 2.37. The first kappa shape index (κ1) is 14.1. The van der Waals surface area contributed by atoms with Gasteiger partial charge in [-0.25, -0.2) is 8.78 Å². The van der Waals surface area contributed by atoms with Crippen molar-refractivity contribution >= 4 is 23.2 Å². The van der Waals surface area contributed by atoms with Crippen LogP contribution in [0.15, 0.2) is 36.4 Å². The van der Waals surface area contributed by atoms with Crippen molar-refractivity contribution in [3.8, 4) is 16.9 Å². The minimum absolute atomic E-state index is 0.138. The van der Waals surface area contributed by atoms with Gasteiger partial charge in [-0.05, 0) is 29.8 Å². The number of ether oxygens (including phenoxy) is 1. The number of methoxy groups -OCH3 is 1. The molecule has 0 bridgehead atoms. The van der Waals surface area contributed by atoms with Crippen LogP contribution in [0.3, 0.4) is 0 Å². The molecule has 0 unspecified atom stereocenters. The lowest BCUT2D eigenvalue weighted by atomic mass is 10.0. The van der Waals surface area contributed by atoms with Crippen molar-refractivity contribution in [3.05, 3.63) is 52.0 Å². The van der Waals surface area contributed by atoms with Crippen LogP contribution >= 0.6 is 23.2 Å². The SMILES string of the molecule is COc1cc(-c2ccc(Cl)cc2Cl)ccc1C(F)F. The molecule has 5 heteroatoms. The van der Waals surface area contributed by atoms with Crippen molar-refractivity contribution in [3.63, 3.8) is 0 Å². The van der Waals surface area contributed by atoms with E-state index in [1.807, 2.05) is 0 Å². The third-order valence-corrected chi connectivity index (χ3v) is 3.26. The molecular formula is C14H10Cl2F2O. The van der Waals surface area contributed by atoms with Gasteiger partial charge in [-0.1, -0.05) is 35.3 Å². The van der Waals surface area contributed by atoms with Crippen LogP contribution in [0, 0.1) is 0 Å². The van der Waals surface area contributed by atoms with E-state index in [1.54, 1.807) is 24.3 Å². The van der Waals surface area contributed by atoms with Gasteiger partial charge in [0.25, 0.3) is 6.43 Å². The van der Waals surface area contributed by atoms with Crippen LogP contribution in [-0.4, -0.2) is 7.11 Å². The highest BCUT2D eigenvalue weighted by Gasteiger charge is 2.15. The quantitative estimate of drug-likeness (QED) is 0.716. The van der Waals surface area contributed by atoms with Crippen LogP contribution < -0.4 is 4.74 Å². The number of hydrogen-bond donors (Lipinski definition) is 0.